The predicted octanol–water partition coefficient (Wildman–Crippen LogP) is 3.34. The lowest BCUT2D eigenvalue weighted by molar-refractivity contribution is -0.196. The van der Waals surface area contributed by atoms with Crippen LogP contribution < -0.4 is 0 Å². The molecule has 2 aromatic rings. The first-order valence-corrected chi connectivity index (χ1v) is 10.3. The topological polar surface area (TPSA) is 54.7 Å². The smallest absolute Gasteiger partial charge is 0.360 e. The summed E-state index contributed by atoms with van der Waals surface area (Å²) in [6.07, 6.45) is 4.53. The van der Waals surface area contributed by atoms with Gasteiger partial charge in [0.2, 0.25) is 5.72 Å². The third-order valence-electron chi connectivity index (χ3n) is 7.27. The molecule has 27 heavy (non-hydrogen) atoms. The van der Waals surface area contributed by atoms with Gasteiger partial charge < -0.3 is 14.4 Å². The lowest BCUT2D eigenvalue weighted by Gasteiger charge is -2.57. The van der Waals surface area contributed by atoms with E-state index in [2.05, 4.69) is 24.0 Å². The molecule has 4 heterocycles. The highest BCUT2D eigenvalue weighted by molar-refractivity contribution is 5.90. The van der Waals surface area contributed by atoms with Crippen LogP contribution in [0.2, 0.25) is 0 Å². The van der Waals surface area contributed by atoms with Crippen LogP contribution in [0.15, 0.2) is 24.3 Å². The van der Waals surface area contributed by atoms with Crippen LogP contribution in [0.25, 0.3) is 10.9 Å². The van der Waals surface area contributed by atoms with Crippen molar-refractivity contribution in [3.05, 3.63) is 35.5 Å². The molecule has 0 saturated carbocycles. The molecular weight excluding hydrogens is 340 g/mol. The quantitative estimate of drug-likeness (QED) is 0.845. The minimum Gasteiger partial charge on any atom is -0.462 e. The molecular formula is C22H28N2O3. The van der Waals surface area contributed by atoms with Crippen molar-refractivity contribution in [3.63, 3.8) is 0 Å². The highest BCUT2D eigenvalue weighted by Gasteiger charge is 2.60. The number of ether oxygens (including phenoxy) is 1. The largest absolute Gasteiger partial charge is 0.462 e. The van der Waals surface area contributed by atoms with Crippen molar-refractivity contribution in [1.82, 2.24) is 9.47 Å². The van der Waals surface area contributed by atoms with Crippen molar-refractivity contribution in [1.29, 1.82) is 0 Å². The molecule has 0 bridgehead atoms. The van der Waals surface area contributed by atoms with Crippen molar-refractivity contribution < 1.29 is 14.6 Å². The van der Waals surface area contributed by atoms with Gasteiger partial charge in [-0.05, 0) is 56.2 Å². The minimum absolute atomic E-state index is 0.0840. The Morgan fingerprint density at radius 3 is 2.89 bits per heavy atom. The van der Waals surface area contributed by atoms with Crippen LogP contribution in [0.5, 0.6) is 0 Å². The van der Waals surface area contributed by atoms with E-state index >= 15 is 0 Å². The van der Waals surface area contributed by atoms with E-state index in [1.54, 1.807) is 6.92 Å². The Balaban J connectivity index is 1.86. The number of benzene rings is 1. The zero-order valence-electron chi connectivity index (χ0n) is 16.2. The lowest BCUT2D eigenvalue weighted by Crippen LogP contribution is -2.60. The number of nitrogens with zero attached hydrogens (tertiary/aromatic N) is 2. The van der Waals surface area contributed by atoms with E-state index in [0.717, 1.165) is 50.0 Å². The maximum atomic E-state index is 13.1. The van der Waals surface area contributed by atoms with Crippen molar-refractivity contribution in [3.8, 4) is 0 Å². The van der Waals surface area contributed by atoms with Crippen LogP contribution in [-0.4, -0.2) is 40.2 Å². The number of para-hydroxylation sites is 1. The number of carbonyl (C=O) groups excluding carboxylic acids is 1. The molecule has 1 saturated heterocycles. The highest BCUT2D eigenvalue weighted by atomic mass is 16.6. The Morgan fingerprint density at radius 2 is 2.11 bits per heavy atom. The summed E-state index contributed by atoms with van der Waals surface area (Å²) in [6.45, 7) is 6.45. The molecule has 0 unspecified atom stereocenters. The third kappa shape index (κ3) is 2.10. The fourth-order valence-corrected chi connectivity index (χ4v) is 6.18. The number of aromatic nitrogens is 1. The molecule has 5 nitrogen and oxygen atoms in total. The molecule has 1 aromatic carbocycles. The monoisotopic (exact) mass is 368 g/mol. The molecule has 1 aromatic heterocycles. The van der Waals surface area contributed by atoms with Gasteiger partial charge in [-0.15, -0.1) is 0 Å². The van der Waals surface area contributed by atoms with Gasteiger partial charge in [-0.1, -0.05) is 25.1 Å². The number of carbonyl (C=O) groups is 1. The third-order valence-corrected chi connectivity index (χ3v) is 7.27. The minimum atomic E-state index is -1.63. The molecule has 0 aliphatic carbocycles. The van der Waals surface area contributed by atoms with E-state index in [4.69, 9.17) is 4.74 Å². The summed E-state index contributed by atoms with van der Waals surface area (Å²) in [5, 5.41) is 13.0. The summed E-state index contributed by atoms with van der Waals surface area (Å²) in [5.41, 5.74) is 1.71. The van der Waals surface area contributed by atoms with Crippen LogP contribution in [0.4, 0.5) is 0 Å². The van der Waals surface area contributed by atoms with Crippen LogP contribution in [0.1, 0.15) is 56.8 Å². The van der Waals surface area contributed by atoms with Crippen molar-refractivity contribution in [2.45, 2.75) is 57.7 Å². The van der Waals surface area contributed by atoms with E-state index < -0.39 is 11.7 Å². The van der Waals surface area contributed by atoms with Gasteiger partial charge in [-0.25, -0.2) is 4.79 Å². The Labute approximate surface area is 159 Å². The normalized spacial score (nSPS) is 32.3. The number of esters is 1. The Morgan fingerprint density at radius 1 is 1.30 bits per heavy atom. The van der Waals surface area contributed by atoms with Crippen molar-refractivity contribution >= 4 is 16.9 Å². The molecule has 0 radical (unpaired) electrons. The number of hydrogen-bond donors (Lipinski definition) is 1. The molecule has 1 N–H and O–H groups in total. The zero-order chi connectivity index (χ0) is 18.8. The maximum Gasteiger partial charge on any atom is 0.360 e. The zero-order valence-corrected chi connectivity index (χ0v) is 16.2. The van der Waals surface area contributed by atoms with Gasteiger partial charge in [0.15, 0.2) is 0 Å². The van der Waals surface area contributed by atoms with Gasteiger partial charge in [0.05, 0.1) is 18.2 Å². The molecule has 5 rings (SSSR count). The molecule has 3 aliphatic rings. The first-order chi connectivity index (χ1) is 13.1. The second-order valence-corrected chi connectivity index (χ2v) is 8.44. The number of fused-ring (bicyclic) bond motifs is 3. The average molecular weight is 368 g/mol. The number of piperidine rings is 1. The Kier molecular flexibility index (Phi) is 3.72. The first kappa shape index (κ1) is 17.3. The van der Waals surface area contributed by atoms with E-state index in [9.17, 15) is 9.90 Å². The van der Waals surface area contributed by atoms with E-state index in [0.29, 0.717) is 6.42 Å². The predicted molar refractivity (Wildman–Crippen MR) is 103 cm³/mol. The highest BCUT2D eigenvalue weighted by Crippen LogP contribution is 2.60. The fraction of sp³-hybridized carbons (Fsp3) is 0.591. The van der Waals surface area contributed by atoms with Gasteiger partial charge in [0.1, 0.15) is 0 Å². The lowest BCUT2D eigenvalue weighted by atomic mass is 9.62. The van der Waals surface area contributed by atoms with Gasteiger partial charge in [0.25, 0.3) is 0 Å². The SMILES string of the molecule is CCOC(=O)[C@@]1(O)C[C@]2(CC)CCCN3CCc4c(n1c1ccccc41)[C@@H]32. The summed E-state index contributed by atoms with van der Waals surface area (Å²) in [7, 11) is 0. The van der Waals surface area contributed by atoms with Gasteiger partial charge in [-0.2, -0.15) is 0 Å². The van der Waals surface area contributed by atoms with E-state index in [1.807, 2.05) is 16.7 Å². The standard InChI is InChI=1S/C22H28N2O3/c1-3-21-11-7-12-23-13-10-16-15-8-5-6-9-17(15)24(18(16)19(21)23)22(26,14-21)20(25)27-4-2/h5-6,8-9,19,26H,3-4,7,10-14H2,1-2H3/t19-,21+,22+/m1/s1. The summed E-state index contributed by atoms with van der Waals surface area (Å²) in [5.74, 6) is -0.512. The number of rotatable bonds is 3. The summed E-state index contributed by atoms with van der Waals surface area (Å²) in [4.78, 5) is 15.7. The first-order valence-electron chi connectivity index (χ1n) is 10.3. The molecule has 0 spiro atoms. The summed E-state index contributed by atoms with van der Waals surface area (Å²) >= 11 is 0. The van der Waals surface area contributed by atoms with E-state index in [1.165, 1.54) is 10.9 Å². The molecule has 5 heteroatoms. The van der Waals surface area contributed by atoms with Crippen LogP contribution in [0, 0.1) is 5.41 Å². The maximum absolute atomic E-state index is 13.1. The van der Waals surface area contributed by atoms with Crippen molar-refractivity contribution in [2.75, 3.05) is 19.7 Å². The number of aliphatic hydroxyl groups is 1. The van der Waals surface area contributed by atoms with Gasteiger partial charge >= 0.3 is 5.97 Å². The number of hydrogen-bond acceptors (Lipinski definition) is 4. The molecule has 144 valence electrons. The second kappa shape index (κ2) is 5.82. The van der Waals surface area contributed by atoms with Gasteiger partial charge in [0, 0.05) is 24.0 Å². The van der Waals surface area contributed by atoms with Crippen LogP contribution >= 0.6 is 0 Å². The fourth-order valence-electron chi connectivity index (χ4n) is 6.18. The van der Waals surface area contributed by atoms with Crippen LogP contribution in [0.3, 0.4) is 0 Å². The molecule has 1 fully saturated rings. The van der Waals surface area contributed by atoms with Crippen LogP contribution in [-0.2, 0) is 21.7 Å². The molecule has 3 atom stereocenters. The summed E-state index contributed by atoms with van der Waals surface area (Å²) < 4.78 is 7.33. The second-order valence-electron chi connectivity index (χ2n) is 8.44. The summed E-state index contributed by atoms with van der Waals surface area (Å²) in [6, 6.07) is 8.48. The average Bonchev–Trinajstić information content (AvgIpc) is 3.03. The molecule has 3 aliphatic heterocycles. The van der Waals surface area contributed by atoms with Crippen molar-refractivity contribution in [2.24, 2.45) is 5.41 Å². The van der Waals surface area contributed by atoms with E-state index in [-0.39, 0.29) is 18.1 Å². The molecule has 0 amide bonds. The van der Waals surface area contributed by atoms with Gasteiger partial charge in [-0.3, -0.25) is 4.90 Å². The Hall–Kier alpha value is -1.85. The Bertz CT molecular complexity index is 920.